The molecule has 0 N–H and O–H groups in total. The second-order valence-electron chi connectivity index (χ2n) is 4.52. The van der Waals surface area contributed by atoms with Gasteiger partial charge in [0.25, 0.3) is 0 Å². The van der Waals surface area contributed by atoms with Gasteiger partial charge in [-0.05, 0) is 29.8 Å². The molecule has 2 aromatic rings. The molecule has 3 rings (SSSR count). The molecule has 0 fully saturated rings. The van der Waals surface area contributed by atoms with Crippen molar-refractivity contribution in [3.8, 4) is 5.75 Å². The van der Waals surface area contributed by atoms with Crippen molar-refractivity contribution in [3.05, 3.63) is 53.0 Å². The van der Waals surface area contributed by atoms with E-state index in [1.807, 2.05) is 0 Å². The number of methoxy groups -OCH3 is 1. The molecule has 2 heterocycles. The van der Waals surface area contributed by atoms with Crippen molar-refractivity contribution in [2.45, 2.75) is 13.0 Å². The molecule has 6 heteroatoms. The van der Waals surface area contributed by atoms with Crippen molar-refractivity contribution in [3.63, 3.8) is 0 Å². The van der Waals surface area contributed by atoms with E-state index in [2.05, 4.69) is 4.74 Å². The fraction of sp³-hybridized carbons (Fsp3) is 0.200. The lowest BCUT2D eigenvalue weighted by Gasteiger charge is -2.08. The van der Waals surface area contributed by atoms with Crippen molar-refractivity contribution >= 4 is 11.8 Å². The third-order valence-electron chi connectivity index (χ3n) is 3.20. The minimum atomic E-state index is -0.428. The molecule has 0 saturated heterocycles. The first kappa shape index (κ1) is 13.4. The standard InChI is InChI=1S/C15H12O6/c1-18-14(16)6-9-5-10-8-20-21-13(10)7-11(9)15(17)12-3-2-4-19-12/h2-5,7H,6,8H2,1H3. The van der Waals surface area contributed by atoms with Crippen LogP contribution in [0.25, 0.3) is 0 Å². The summed E-state index contributed by atoms with van der Waals surface area (Å²) >= 11 is 0. The van der Waals surface area contributed by atoms with Gasteiger partial charge in [0.15, 0.2) is 11.5 Å². The van der Waals surface area contributed by atoms with E-state index in [0.29, 0.717) is 16.9 Å². The molecule has 0 unspecified atom stereocenters. The van der Waals surface area contributed by atoms with Crippen molar-refractivity contribution in [2.75, 3.05) is 7.11 Å². The Labute approximate surface area is 120 Å². The number of esters is 1. The Morgan fingerprint density at radius 3 is 2.90 bits per heavy atom. The Hall–Kier alpha value is -2.60. The van der Waals surface area contributed by atoms with Crippen molar-refractivity contribution in [2.24, 2.45) is 0 Å². The van der Waals surface area contributed by atoms with Crippen molar-refractivity contribution in [1.29, 1.82) is 0 Å². The molecule has 21 heavy (non-hydrogen) atoms. The van der Waals surface area contributed by atoms with E-state index in [1.165, 1.54) is 13.4 Å². The molecule has 1 aromatic carbocycles. The number of ether oxygens (including phenoxy) is 1. The first-order chi connectivity index (χ1) is 10.2. The van der Waals surface area contributed by atoms with Gasteiger partial charge in [0.2, 0.25) is 5.78 Å². The maximum Gasteiger partial charge on any atom is 0.310 e. The predicted octanol–water partition coefficient (Wildman–Crippen LogP) is 2.05. The van der Waals surface area contributed by atoms with Gasteiger partial charge in [-0.3, -0.25) is 9.59 Å². The molecular formula is C15H12O6. The smallest absolute Gasteiger partial charge is 0.310 e. The summed E-state index contributed by atoms with van der Waals surface area (Å²) in [6.45, 7) is 0.277. The minimum Gasteiger partial charge on any atom is -0.469 e. The highest BCUT2D eigenvalue weighted by Crippen LogP contribution is 2.31. The van der Waals surface area contributed by atoms with Crippen LogP contribution in [0.5, 0.6) is 5.75 Å². The van der Waals surface area contributed by atoms with Crippen LogP contribution < -0.4 is 4.89 Å². The molecular weight excluding hydrogens is 276 g/mol. The quantitative estimate of drug-likeness (QED) is 0.487. The van der Waals surface area contributed by atoms with E-state index >= 15 is 0 Å². The molecule has 0 amide bonds. The molecule has 108 valence electrons. The Kier molecular flexibility index (Phi) is 3.45. The number of ketones is 1. The van der Waals surface area contributed by atoms with Crippen LogP contribution in [0.15, 0.2) is 34.9 Å². The Morgan fingerprint density at radius 2 is 2.19 bits per heavy atom. The molecule has 0 radical (unpaired) electrons. The van der Waals surface area contributed by atoms with Gasteiger partial charge in [0.05, 0.1) is 19.8 Å². The van der Waals surface area contributed by atoms with Gasteiger partial charge < -0.3 is 14.0 Å². The monoisotopic (exact) mass is 288 g/mol. The zero-order chi connectivity index (χ0) is 14.8. The van der Waals surface area contributed by atoms with Crippen LogP contribution >= 0.6 is 0 Å². The van der Waals surface area contributed by atoms with E-state index in [0.717, 1.165) is 5.56 Å². The van der Waals surface area contributed by atoms with Crippen LogP contribution in [-0.2, 0) is 27.4 Å². The van der Waals surface area contributed by atoms with E-state index in [4.69, 9.17) is 14.2 Å². The van der Waals surface area contributed by atoms with Crippen LogP contribution in [0, 0.1) is 0 Å². The van der Waals surface area contributed by atoms with Crippen LogP contribution in [0.4, 0.5) is 0 Å². The Balaban J connectivity index is 2.04. The number of fused-ring (bicyclic) bond motifs is 1. The van der Waals surface area contributed by atoms with Crippen molar-refractivity contribution < 1.29 is 28.5 Å². The normalized spacial score (nSPS) is 12.6. The molecule has 6 nitrogen and oxygen atoms in total. The summed E-state index contributed by atoms with van der Waals surface area (Å²) in [6, 6.07) is 6.47. The summed E-state index contributed by atoms with van der Waals surface area (Å²) in [5.74, 6) is -0.0843. The second-order valence-corrected chi connectivity index (χ2v) is 4.52. The summed E-state index contributed by atoms with van der Waals surface area (Å²) in [7, 11) is 1.30. The summed E-state index contributed by atoms with van der Waals surface area (Å²) in [5.41, 5.74) is 1.67. The zero-order valence-corrected chi connectivity index (χ0v) is 11.3. The van der Waals surface area contributed by atoms with Gasteiger partial charge in [0, 0.05) is 11.1 Å². The van der Waals surface area contributed by atoms with Gasteiger partial charge in [0.1, 0.15) is 6.61 Å². The predicted molar refractivity (Wildman–Crippen MR) is 69.7 cm³/mol. The number of carbonyl (C=O) groups excluding carboxylic acids is 2. The Bertz CT molecular complexity index is 686. The lowest BCUT2D eigenvalue weighted by molar-refractivity contribution is -0.194. The molecule has 0 atom stereocenters. The van der Waals surface area contributed by atoms with Crippen LogP contribution in [-0.4, -0.2) is 18.9 Å². The third kappa shape index (κ3) is 2.53. The summed E-state index contributed by atoms with van der Waals surface area (Å²) < 4.78 is 9.78. The highest BCUT2D eigenvalue weighted by atomic mass is 17.2. The first-order valence-corrected chi connectivity index (χ1v) is 6.29. The molecule has 0 bridgehead atoms. The first-order valence-electron chi connectivity index (χ1n) is 6.29. The SMILES string of the molecule is COC(=O)Cc1cc2c(cc1C(=O)c1ccco1)OOC2. The van der Waals surface area contributed by atoms with Crippen molar-refractivity contribution in [1.82, 2.24) is 0 Å². The van der Waals surface area contributed by atoms with E-state index in [9.17, 15) is 9.59 Å². The highest BCUT2D eigenvalue weighted by molar-refractivity contribution is 6.08. The third-order valence-corrected chi connectivity index (χ3v) is 3.20. The Morgan fingerprint density at radius 1 is 1.33 bits per heavy atom. The van der Waals surface area contributed by atoms with Gasteiger partial charge in [-0.2, -0.15) is 4.89 Å². The maximum absolute atomic E-state index is 12.5. The average Bonchev–Trinajstić information content (AvgIpc) is 3.16. The number of rotatable bonds is 4. The lowest BCUT2D eigenvalue weighted by Crippen LogP contribution is -2.11. The molecule has 0 saturated carbocycles. The van der Waals surface area contributed by atoms with Gasteiger partial charge in [-0.25, -0.2) is 0 Å². The average molecular weight is 288 g/mol. The zero-order valence-electron chi connectivity index (χ0n) is 11.3. The lowest BCUT2D eigenvalue weighted by atomic mass is 9.96. The van der Waals surface area contributed by atoms with E-state index in [-0.39, 0.29) is 24.6 Å². The summed E-state index contributed by atoms with van der Waals surface area (Å²) in [4.78, 5) is 33.8. The number of hydrogen-bond donors (Lipinski definition) is 0. The van der Waals surface area contributed by atoms with Gasteiger partial charge >= 0.3 is 5.97 Å². The van der Waals surface area contributed by atoms with E-state index < -0.39 is 5.97 Å². The fourth-order valence-electron chi connectivity index (χ4n) is 2.15. The maximum atomic E-state index is 12.5. The molecule has 1 aromatic heterocycles. The number of hydrogen-bond acceptors (Lipinski definition) is 6. The summed E-state index contributed by atoms with van der Waals surface area (Å²) in [6.07, 6.45) is 1.41. The number of furan rings is 1. The molecule has 0 spiro atoms. The summed E-state index contributed by atoms with van der Waals surface area (Å²) in [5, 5.41) is 0. The molecule has 0 aliphatic carbocycles. The van der Waals surface area contributed by atoms with Crippen LogP contribution in [0.2, 0.25) is 0 Å². The van der Waals surface area contributed by atoms with Crippen LogP contribution in [0.3, 0.4) is 0 Å². The van der Waals surface area contributed by atoms with Crippen LogP contribution in [0.1, 0.15) is 27.2 Å². The molecule has 1 aliphatic heterocycles. The largest absolute Gasteiger partial charge is 0.469 e. The number of carbonyl (C=O) groups is 2. The highest BCUT2D eigenvalue weighted by Gasteiger charge is 2.24. The molecule has 1 aliphatic rings. The number of benzene rings is 1. The second kappa shape index (κ2) is 5.41. The van der Waals surface area contributed by atoms with E-state index in [1.54, 1.807) is 24.3 Å². The fourth-order valence-corrected chi connectivity index (χ4v) is 2.15. The topological polar surface area (TPSA) is 75.0 Å². The minimum absolute atomic E-state index is 0.00837. The van der Waals surface area contributed by atoms with Gasteiger partial charge in [-0.15, -0.1) is 0 Å². The van der Waals surface area contributed by atoms with Gasteiger partial charge in [-0.1, -0.05) is 0 Å².